The highest BCUT2D eigenvalue weighted by Gasteiger charge is 2.51. The summed E-state index contributed by atoms with van der Waals surface area (Å²) in [5, 5.41) is 0. The average molecular weight is 312 g/mol. The van der Waals surface area contributed by atoms with Crippen molar-refractivity contribution >= 4 is 11.9 Å². The Hall–Kier alpha value is -1.98. The van der Waals surface area contributed by atoms with Crippen LogP contribution in [0.5, 0.6) is 0 Å². The smallest absolute Gasteiger partial charge is 0.323 e. The molecule has 0 fully saturated rings. The van der Waals surface area contributed by atoms with Crippen LogP contribution in [0.1, 0.15) is 31.4 Å². The molecule has 0 aliphatic heterocycles. The van der Waals surface area contributed by atoms with Gasteiger partial charge in [-0.2, -0.15) is 0 Å². The molecule has 4 nitrogen and oxygen atoms in total. The van der Waals surface area contributed by atoms with Gasteiger partial charge in [0.05, 0.1) is 13.2 Å². The first-order valence-corrected chi connectivity index (χ1v) is 7.25. The van der Waals surface area contributed by atoms with Crippen molar-refractivity contribution in [2.24, 2.45) is 5.41 Å². The first kappa shape index (κ1) is 16.4. The third-order valence-corrected chi connectivity index (χ3v) is 3.88. The quantitative estimate of drug-likeness (QED) is 0.633. The number of fused-ring (bicyclic) bond motifs is 1. The molecule has 1 aliphatic carbocycles. The molecule has 0 aromatic heterocycles. The number of hydrogen-bond acceptors (Lipinski definition) is 4. The first-order chi connectivity index (χ1) is 10.4. The highest BCUT2D eigenvalue weighted by Crippen LogP contribution is 2.39. The van der Waals surface area contributed by atoms with Crippen LogP contribution in [-0.4, -0.2) is 25.2 Å². The van der Waals surface area contributed by atoms with Crippen molar-refractivity contribution < 1.29 is 27.8 Å². The van der Waals surface area contributed by atoms with Gasteiger partial charge in [0.15, 0.2) is 5.41 Å². The Labute approximate surface area is 127 Å². The lowest BCUT2D eigenvalue weighted by Crippen LogP contribution is -2.46. The van der Waals surface area contributed by atoms with Crippen molar-refractivity contribution in [3.8, 4) is 0 Å². The number of esters is 2. The van der Waals surface area contributed by atoms with Gasteiger partial charge >= 0.3 is 11.9 Å². The minimum absolute atomic E-state index is 0.0836. The maximum Gasteiger partial charge on any atom is 0.323 e. The van der Waals surface area contributed by atoms with Crippen LogP contribution in [0.15, 0.2) is 12.1 Å². The Balaban J connectivity index is 2.44. The molecule has 120 valence electrons. The number of ether oxygens (including phenoxy) is 2. The minimum Gasteiger partial charge on any atom is -0.465 e. The Morgan fingerprint density at radius 2 is 1.73 bits per heavy atom. The first-order valence-electron chi connectivity index (χ1n) is 7.25. The molecule has 0 spiro atoms. The van der Waals surface area contributed by atoms with E-state index < -0.39 is 29.0 Å². The van der Waals surface area contributed by atoms with Gasteiger partial charge in [-0.05, 0) is 50.3 Å². The van der Waals surface area contributed by atoms with E-state index in [1.807, 2.05) is 0 Å². The molecular formula is C16H18F2O4. The third-order valence-electron chi connectivity index (χ3n) is 3.88. The van der Waals surface area contributed by atoms with Crippen molar-refractivity contribution in [3.63, 3.8) is 0 Å². The van der Waals surface area contributed by atoms with E-state index in [4.69, 9.17) is 9.47 Å². The molecule has 0 radical (unpaired) electrons. The normalized spacial score (nSPS) is 15.8. The molecule has 1 aromatic rings. The van der Waals surface area contributed by atoms with Gasteiger partial charge in [-0.1, -0.05) is 0 Å². The minimum atomic E-state index is -1.53. The fourth-order valence-corrected chi connectivity index (χ4v) is 2.82. The lowest BCUT2D eigenvalue weighted by atomic mass is 9.71. The summed E-state index contributed by atoms with van der Waals surface area (Å²) in [6, 6.07) is 1.96. The summed E-state index contributed by atoms with van der Waals surface area (Å²) in [6.45, 7) is 3.49. The van der Waals surface area contributed by atoms with Gasteiger partial charge in [-0.3, -0.25) is 9.59 Å². The molecule has 0 amide bonds. The molecule has 0 bridgehead atoms. The number of carbonyl (C=O) groups is 2. The third kappa shape index (κ3) is 2.82. The van der Waals surface area contributed by atoms with Crippen molar-refractivity contribution in [3.05, 3.63) is 34.9 Å². The number of hydrogen-bond donors (Lipinski definition) is 0. The summed E-state index contributed by atoms with van der Waals surface area (Å²) in [4.78, 5) is 24.6. The largest absolute Gasteiger partial charge is 0.465 e. The van der Waals surface area contributed by atoms with Gasteiger partial charge in [0.2, 0.25) is 0 Å². The zero-order valence-corrected chi connectivity index (χ0v) is 12.6. The Kier molecular flexibility index (Phi) is 4.78. The fraction of sp³-hybridized carbons (Fsp3) is 0.500. The SMILES string of the molecule is CCOC(=O)C1(C(=O)OCC)CCc2c(F)cc(F)cc2C1. The van der Waals surface area contributed by atoms with Crippen LogP contribution in [0.3, 0.4) is 0 Å². The Morgan fingerprint density at radius 1 is 1.14 bits per heavy atom. The second-order valence-electron chi connectivity index (χ2n) is 5.23. The van der Waals surface area contributed by atoms with Crippen LogP contribution in [0.2, 0.25) is 0 Å². The lowest BCUT2D eigenvalue weighted by molar-refractivity contribution is -0.173. The van der Waals surface area contributed by atoms with Crippen LogP contribution in [0, 0.1) is 17.0 Å². The van der Waals surface area contributed by atoms with Crippen molar-refractivity contribution in [2.75, 3.05) is 13.2 Å². The monoisotopic (exact) mass is 312 g/mol. The van der Waals surface area contributed by atoms with E-state index in [9.17, 15) is 18.4 Å². The zero-order chi connectivity index (χ0) is 16.3. The summed E-state index contributed by atoms with van der Waals surface area (Å²) in [7, 11) is 0. The molecule has 0 saturated heterocycles. The van der Waals surface area contributed by atoms with Crippen molar-refractivity contribution in [1.29, 1.82) is 0 Å². The van der Waals surface area contributed by atoms with Gasteiger partial charge in [0.25, 0.3) is 0 Å². The molecular weight excluding hydrogens is 294 g/mol. The fourth-order valence-electron chi connectivity index (χ4n) is 2.82. The number of halogens is 2. The maximum absolute atomic E-state index is 13.8. The van der Waals surface area contributed by atoms with Crippen LogP contribution >= 0.6 is 0 Å². The molecule has 0 N–H and O–H groups in total. The Morgan fingerprint density at radius 3 is 2.27 bits per heavy atom. The van der Waals surface area contributed by atoms with E-state index in [0.717, 1.165) is 12.1 Å². The van der Waals surface area contributed by atoms with Gasteiger partial charge in [-0.25, -0.2) is 8.78 Å². The van der Waals surface area contributed by atoms with E-state index in [1.165, 1.54) is 0 Å². The molecule has 22 heavy (non-hydrogen) atoms. The summed E-state index contributed by atoms with van der Waals surface area (Å²) in [5.41, 5.74) is -0.880. The van der Waals surface area contributed by atoms with Crippen LogP contribution in [0.4, 0.5) is 8.78 Å². The number of benzene rings is 1. The van der Waals surface area contributed by atoms with Crippen LogP contribution in [-0.2, 0) is 31.9 Å². The molecule has 1 aliphatic rings. The zero-order valence-electron chi connectivity index (χ0n) is 12.6. The van der Waals surface area contributed by atoms with E-state index in [0.29, 0.717) is 11.1 Å². The van der Waals surface area contributed by atoms with E-state index in [1.54, 1.807) is 13.8 Å². The second-order valence-corrected chi connectivity index (χ2v) is 5.23. The molecule has 1 aromatic carbocycles. The van der Waals surface area contributed by atoms with Gasteiger partial charge in [0, 0.05) is 6.07 Å². The van der Waals surface area contributed by atoms with Crippen LogP contribution in [0.25, 0.3) is 0 Å². The molecule has 0 unspecified atom stereocenters. The van der Waals surface area contributed by atoms with Gasteiger partial charge in [0.1, 0.15) is 11.6 Å². The van der Waals surface area contributed by atoms with E-state index >= 15 is 0 Å². The number of carbonyl (C=O) groups excluding carboxylic acids is 2. The van der Waals surface area contributed by atoms with Gasteiger partial charge < -0.3 is 9.47 Å². The summed E-state index contributed by atoms with van der Waals surface area (Å²) in [5.74, 6) is -2.80. The molecule has 6 heteroatoms. The topological polar surface area (TPSA) is 52.6 Å². The summed E-state index contributed by atoms with van der Waals surface area (Å²) < 4.78 is 37.2. The van der Waals surface area contributed by atoms with Crippen LogP contribution < -0.4 is 0 Å². The lowest BCUT2D eigenvalue weighted by Gasteiger charge is -2.33. The van der Waals surface area contributed by atoms with Crippen molar-refractivity contribution in [2.45, 2.75) is 33.1 Å². The predicted octanol–water partition coefficient (Wildman–Crippen LogP) is 2.57. The molecule has 0 atom stereocenters. The molecule has 0 saturated carbocycles. The average Bonchev–Trinajstić information content (AvgIpc) is 2.46. The number of rotatable bonds is 4. The highest BCUT2D eigenvalue weighted by atomic mass is 19.1. The summed E-state index contributed by atoms with van der Waals surface area (Å²) in [6.07, 6.45) is 0.119. The standard InChI is InChI=1S/C16H18F2O4/c1-3-21-14(19)16(15(20)22-4-2)6-5-12-10(9-16)7-11(17)8-13(12)18/h7-8H,3-6,9H2,1-2H3. The second kappa shape index (κ2) is 6.42. The molecule has 0 heterocycles. The maximum atomic E-state index is 13.8. The predicted molar refractivity (Wildman–Crippen MR) is 74.1 cm³/mol. The molecule has 2 rings (SSSR count). The Bertz CT molecular complexity index is 580. The van der Waals surface area contributed by atoms with Crippen molar-refractivity contribution in [1.82, 2.24) is 0 Å². The van der Waals surface area contributed by atoms with Gasteiger partial charge in [-0.15, -0.1) is 0 Å². The van der Waals surface area contributed by atoms with E-state index in [2.05, 4.69) is 0 Å². The highest BCUT2D eigenvalue weighted by molar-refractivity contribution is 6.00. The summed E-state index contributed by atoms with van der Waals surface area (Å²) >= 11 is 0. The van der Waals surface area contributed by atoms with E-state index in [-0.39, 0.29) is 32.5 Å².